The van der Waals surface area contributed by atoms with Crippen LogP contribution in [0.25, 0.3) is 0 Å². The number of urea groups is 1. The van der Waals surface area contributed by atoms with Crippen LogP contribution in [0.5, 0.6) is 0 Å². The van der Waals surface area contributed by atoms with Crippen molar-refractivity contribution in [3.8, 4) is 0 Å². The first kappa shape index (κ1) is 17.5. The van der Waals surface area contributed by atoms with E-state index in [-0.39, 0.29) is 29.8 Å². The highest BCUT2D eigenvalue weighted by molar-refractivity contribution is 5.90. The number of nitrogens with zero attached hydrogens (tertiary/aromatic N) is 2. The Morgan fingerprint density at radius 1 is 1.30 bits per heavy atom. The molecule has 0 aromatic carbocycles. The number of hydroxylamine groups is 2. The van der Waals surface area contributed by atoms with Crippen LogP contribution in [0.2, 0.25) is 0 Å². The highest BCUT2D eigenvalue weighted by atomic mass is 16.7. The van der Waals surface area contributed by atoms with Crippen LogP contribution in [-0.2, 0) is 14.4 Å². The third kappa shape index (κ3) is 3.93. The lowest BCUT2D eigenvalue weighted by Gasteiger charge is -2.29. The van der Waals surface area contributed by atoms with Crippen molar-refractivity contribution in [1.82, 2.24) is 20.8 Å². The number of hydrogen-bond acceptors (Lipinski definition) is 4. The lowest BCUT2D eigenvalue weighted by Crippen LogP contribution is -2.54. The average molecular weight is 326 g/mol. The van der Waals surface area contributed by atoms with E-state index < -0.39 is 6.04 Å². The van der Waals surface area contributed by atoms with Crippen molar-refractivity contribution in [2.75, 3.05) is 13.2 Å². The molecule has 0 radical (unpaired) electrons. The number of carbonyl (C=O) groups excluding carboxylic acids is 3. The van der Waals surface area contributed by atoms with Crippen LogP contribution in [0.4, 0.5) is 4.79 Å². The highest BCUT2D eigenvalue weighted by Crippen LogP contribution is 2.30. The van der Waals surface area contributed by atoms with Crippen molar-refractivity contribution in [3.05, 3.63) is 0 Å². The minimum atomic E-state index is -0.564. The Hall–Kier alpha value is -1.83. The third-order valence-corrected chi connectivity index (χ3v) is 4.19. The van der Waals surface area contributed by atoms with Gasteiger partial charge in [0, 0.05) is 12.5 Å². The first-order valence-electron chi connectivity index (χ1n) is 8.28. The number of unbranched alkanes of at least 4 members (excludes halogenated alkanes) is 1. The summed E-state index contributed by atoms with van der Waals surface area (Å²) in [4.78, 5) is 43.3. The van der Waals surface area contributed by atoms with Gasteiger partial charge in [-0.1, -0.05) is 27.2 Å². The molecule has 130 valence electrons. The highest BCUT2D eigenvalue weighted by Gasteiger charge is 2.47. The quantitative estimate of drug-likeness (QED) is 0.558. The number of nitrogens with one attached hydrogen (secondary N) is 2. The van der Waals surface area contributed by atoms with Crippen LogP contribution in [0.3, 0.4) is 0 Å². The molecular formula is C15H26N4O4. The van der Waals surface area contributed by atoms with Crippen molar-refractivity contribution in [3.63, 3.8) is 0 Å². The number of amides is 4. The average Bonchev–Trinajstić information content (AvgIpc) is 2.77. The van der Waals surface area contributed by atoms with Gasteiger partial charge in [-0.3, -0.25) is 25.3 Å². The van der Waals surface area contributed by atoms with Crippen LogP contribution in [0.15, 0.2) is 0 Å². The SMILES string of the molecule is CCCCON1C(=O)N2CC1CC[C@H]2C(=O)NNC(=O)C(C)C. The summed E-state index contributed by atoms with van der Waals surface area (Å²) in [6, 6.07) is -0.821. The zero-order valence-electron chi connectivity index (χ0n) is 14.0. The maximum Gasteiger partial charge on any atom is 0.345 e. The first-order valence-corrected chi connectivity index (χ1v) is 8.28. The summed E-state index contributed by atoms with van der Waals surface area (Å²) < 4.78 is 0. The largest absolute Gasteiger partial charge is 0.345 e. The standard InChI is InChI=1S/C15H26N4O4/c1-4-5-8-23-19-11-6-7-12(18(9-11)15(19)22)14(21)17-16-13(20)10(2)3/h10-12H,4-9H2,1-3H3,(H,16,20)(H,17,21)/t11?,12-/m0/s1. The minimum Gasteiger partial charge on any atom is -0.309 e. The van der Waals surface area contributed by atoms with Gasteiger partial charge >= 0.3 is 6.03 Å². The summed E-state index contributed by atoms with van der Waals surface area (Å²) >= 11 is 0. The molecule has 0 aromatic rings. The van der Waals surface area contributed by atoms with E-state index >= 15 is 0 Å². The molecule has 8 nitrogen and oxygen atoms in total. The smallest absolute Gasteiger partial charge is 0.309 e. The molecular weight excluding hydrogens is 300 g/mol. The maximum absolute atomic E-state index is 12.4. The van der Waals surface area contributed by atoms with Gasteiger partial charge in [0.2, 0.25) is 5.91 Å². The summed E-state index contributed by atoms with van der Waals surface area (Å²) in [5.41, 5.74) is 4.80. The second-order valence-electron chi connectivity index (χ2n) is 6.33. The predicted octanol–water partition coefficient (Wildman–Crippen LogP) is 0.790. The Morgan fingerprint density at radius 3 is 2.70 bits per heavy atom. The first-order chi connectivity index (χ1) is 11.0. The number of rotatable bonds is 6. The lowest BCUT2D eigenvalue weighted by atomic mass is 10.0. The molecule has 2 atom stereocenters. The molecule has 2 heterocycles. The van der Waals surface area contributed by atoms with Gasteiger partial charge in [0.05, 0.1) is 12.6 Å². The number of piperidine rings is 1. The molecule has 2 bridgehead atoms. The van der Waals surface area contributed by atoms with Gasteiger partial charge in [0.1, 0.15) is 6.04 Å². The second-order valence-corrected chi connectivity index (χ2v) is 6.33. The molecule has 2 aliphatic heterocycles. The minimum absolute atomic E-state index is 0.00802. The van der Waals surface area contributed by atoms with Crippen LogP contribution in [0.1, 0.15) is 46.5 Å². The second kappa shape index (κ2) is 7.63. The Labute approximate surface area is 136 Å². The van der Waals surface area contributed by atoms with Crippen LogP contribution < -0.4 is 10.9 Å². The van der Waals surface area contributed by atoms with Gasteiger partial charge in [-0.15, -0.1) is 0 Å². The van der Waals surface area contributed by atoms with Gasteiger partial charge in [-0.05, 0) is 19.3 Å². The molecule has 0 aromatic heterocycles. The van der Waals surface area contributed by atoms with E-state index in [4.69, 9.17) is 4.84 Å². The molecule has 1 unspecified atom stereocenters. The van der Waals surface area contributed by atoms with Crippen molar-refractivity contribution in [2.24, 2.45) is 5.92 Å². The number of hydrogen-bond donors (Lipinski definition) is 2. The summed E-state index contributed by atoms with van der Waals surface area (Å²) in [6.07, 6.45) is 3.16. The van der Waals surface area contributed by atoms with Crippen molar-refractivity contribution >= 4 is 17.8 Å². The monoisotopic (exact) mass is 326 g/mol. The molecule has 4 amide bonds. The van der Waals surface area contributed by atoms with Crippen molar-refractivity contribution in [2.45, 2.75) is 58.5 Å². The summed E-state index contributed by atoms with van der Waals surface area (Å²) in [5, 5.41) is 1.41. The molecule has 2 aliphatic rings. The van der Waals surface area contributed by atoms with Gasteiger partial charge < -0.3 is 4.90 Å². The fourth-order valence-electron chi connectivity index (χ4n) is 2.73. The van der Waals surface area contributed by atoms with Gasteiger partial charge in [-0.2, -0.15) is 5.06 Å². The molecule has 2 saturated heterocycles. The lowest BCUT2D eigenvalue weighted by molar-refractivity contribution is -0.133. The fraction of sp³-hybridized carbons (Fsp3) is 0.800. The normalized spacial score (nSPS) is 23.4. The molecule has 8 heteroatoms. The molecule has 2 rings (SSSR count). The predicted molar refractivity (Wildman–Crippen MR) is 82.7 cm³/mol. The molecule has 2 N–H and O–H groups in total. The van der Waals surface area contributed by atoms with E-state index in [1.807, 2.05) is 0 Å². The Balaban J connectivity index is 1.90. The topological polar surface area (TPSA) is 91.0 Å². The zero-order chi connectivity index (χ0) is 17.0. The Kier molecular flexibility index (Phi) is 5.81. The summed E-state index contributed by atoms with van der Waals surface area (Å²) in [6.45, 7) is 6.53. The Bertz CT molecular complexity index is 468. The van der Waals surface area contributed by atoms with Crippen LogP contribution in [-0.4, -0.2) is 53.0 Å². The fourth-order valence-corrected chi connectivity index (χ4v) is 2.73. The maximum atomic E-state index is 12.4. The molecule has 0 saturated carbocycles. The summed E-state index contributed by atoms with van der Waals surface area (Å²) in [7, 11) is 0. The van der Waals surface area contributed by atoms with Gasteiger partial charge in [-0.25, -0.2) is 4.79 Å². The van der Waals surface area contributed by atoms with Gasteiger partial charge in [0.15, 0.2) is 0 Å². The summed E-state index contributed by atoms with van der Waals surface area (Å²) in [5.74, 6) is -0.840. The van der Waals surface area contributed by atoms with Crippen molar-refractivity contribution in [1.29, 1.82) is 0 Å². The molecule has 0 spiro atoms. The van der Waals surface area contributed by atoms with E-state index in [1.54, 1.807) is 13.8 Å². The van der Waals surface area contributed by atoms with Crippen LogP contribution >= 0.6 is 0 Å². The van der Waals surface area contributed by atoms with Crippen molar-refractivity contribution < 1.29 is 19.2 Å². The van der Waals surface area contributed by atoms with E-state index in [0.29, 0.717) is 26.0 Å². The van der Waals surface area contributed by atoms with E-state index in [9.17, 15) is 14.4 Å². The molecule has 2 fully saturated rings. The third-order valence-electron chi connectivity index (χ3n) is 4.19. The molecule has 0 aliphatic carbocycles. The zero-order valence-corrected chi connectivity index (χ0v) is 14.0. The van der Waals surface area contributed by atoms with Gasteiger partial charge in [0.25, 0.3) is 5.91 Å². The number of fused-ring (bicyclic) bond motifs is 2. The number of hydrazine groups is 1. The number of carbonyl (C=O) groups is 3. The van der Waals surface area contributed by atoms with E-state index in [2.05, 4.69) is 17.8 Å². The van der Waals surface area contributed by atoms with Crippen LogP contribution in [0, 0.1) is 5.92 Å². The Morgan fingerprint density at radius 2 is 2.04 bits per heavy atom. The van der Waals surface area contributed by atoms with E-state index in [0.717, 1.165) is 12.8 Å². The van der Waals surface area contributed by atoms with E-state index in [1.165, 1.54) is 9.96 Å². The molecule has 23 heavy (non-hydrogen) atoms.